The number of nitrogens with zero attached hydrogens (tertiary/aromatic N) is 1. The fourth-order valence-electron chi connectivity index (χ4n) is 2.16. The number of ether oxygens (including phenoxy) is 1. The van der Waals surface area contributed by atoms with Gasteiger partial charge in [0.2, 0.25) is 0 Å². The molecule has 9 heteroatoms. The summed E-state index contributed by atoms with van der Waals surface area (Å²) < 4.78 is 31.6. The molecule has 21 heavy (non-hydrogen) atoms. The van der Waals surface area contributed by atoms with E-state index < -0.39 is 16.0 Å². The lowest BCUT2D eigenvalue weighted by atomic mass is 10.1. The van der Waals surface area contributed by atoms with Crippen LogP contribution in [0.4, 0.5) is 0 Å². The van der Waals surface area contributed by atoms with Crippen LogP contribution in [0, 0.1) is 0 Å². The maximum atomic E-state index is 12.4. The number of thiophene rings is 1. The van der Waals surface area contributed by atoms with Crippen LogP contribution in [0.15, 0.2) is 16.3 Å². The Morgan fingerprint density at radius 2 is 2.05 bits per heavy atom. The van der Waals surface area contributed by atoms with E-state index in [0.717, 1.165) is 11.3 Å². The number of carbonyl (C=O) groups is 1. The molecule has 0 bridgehead atoms. The van der Waals surface area contributed by atoms with E-state index >= 15 is 0 Å². The highest BCUT2D eigenvalue weighted by atomic mass is 32.2. The SMILES string of the molecule is O=C(O)c1ccc(S(=O)(=O)N2CCC(OCCO)CC2)s1. The molecule has 1 aliphatic heterocycles. The molecule has 1 fully saturated rings. The van der Waals surface area contributed by atoms with Gasteiger partial charge in [-0.15, -0.1) is 11.3 Å². The van der Waals surface area contributed by atoms with Crippen molar-refractivity contribution in [2.45, 2.75) is 23.2 Å². The normalized spacial score (nSPS) is 18.0. The predicted octanol–water partition coefficient (Wildman–Crippen LogP) is 0.608. The van der Waals surface area contributed by atoms with Crippen molar-refractivity contribution in [1.82, 2.24) is 4.31 Å². The minimum Gasteiger partial charge on any atom is -0.477 e. The number of carboxylic acid groups (broad SMARTS) is 1. The summed E-state index contributed by atoms with van der Waals surface area (Å²) in [5.74, 6) is -1.13. The number of aromatic carboxylic acids is 1. The molecule has 1 aliphatic rings. The van der Waals surface area contributed by atoms with Gasteiger partial charge in [-0.3, -0.25) is 0 Å². The lowest BCUT2D eigenvalue weighted by Gasteiger charge is -2.30. The van der Waals surface area contributed by atoms with Crippen molar-refractivity contribution in [3.8, 4) is 0 Å². The third-order valence-electron chi connectivity index (χ3n) is 3.23. The molecule has 0 atom stereocenters. The van der Waals surface area contributed by atoms with Crippen LogP contribution in [-0.2, 0) is 14.8 Å². The average Bonchev–Trinajstić information content (AvgIpc) is 2.96. The van der Waals surface area contributed by atoms with Gasteiger partial charge in [0.25, 0.3) is 10.0 Å². The number of aliphatic hydroxyl groups excluding tert-OH is 1. The number of hydrogen-bond donors (Lipinski definition) is 2. The van der Waals surface area contributed by atoms with Crippen molar-refractivity contribution in [3.05, 3.63) is 17.0 Å². The van der Waals surface area contributed by atoms with E-state index in [-0.39, 0.29) is 28.4 Å². The zero-order chi connectivity index (χ0) is 15.5. The highest BCUT2D eigenvalue weighted by Crippen LogP contribution is 2.27. The standard InChI is InChI=1S/C12H17NO6S2/c14-7-8-19-9-3-5-13(6-4-9)21(17,18)11-2-1-10(20-11)12(15)16/h1-2,9,14H,3-8H2,(H,15,16). The fourth-order valence-corrected chi connectivity index (χ4v) is 4.93. The molecular weight excluding hydrogens is 318 g/mol. The van der Waals surface area contributed by atoms with Gasteiger partial charge in [-0.1, -0.05) is 0 Å². The molecule has 0 aromatic carbocycles. The van der Waals surface area contributed by atoms with E-state index in [2.05, 4.69) is 0 Å². The summed E-state index contributed by atoms with van der Waals surface area (Å²) in [7, 11) is -3.64. The molecule has 0 amide bonds. The van der Waals surface area contributed by atoms with Gasteiger partial charge in [-0.25, -0.2) is 13.2 Å². The molecule has 0 unspecified atom stereocenters. The number of rotatable bonds is 6. The van der Waals surface area contributed by atoms with E-state index in [1.807, 2.05) is 0 Å². The Morgan fingerprint density at radius 1 is 1.38 bits per heavy atom. The zero-order valence-corrected chi connectivity index (χ0v) is 12.9. The molecule has 7 nitrogen and oxygen atoms in total. The lowest BCUT2D eigenvalue weighted by molar-refractivity contribution is 0.00320. The van der Waals surface area contributed by atoms with Gasteiger partial charge in [0, 0.05) is 13.1 Å². The van der Waals surface area contributed by atoms with Gasteiger partial charge in [0.1, 0.15) is 9.09 Å². The lowest BCUT2D eigenvalue weighted by Crippen LogP contribution is -2.40. The van der Waals surface area contributed by atoms with E-state index in [1.54, 1.807) is 0 Å². The largest absolute Gasteiger partial charge is 0.477 e. The molecule has 118 valence electrons. The summed E-state index contributed by atoms with van der Waals surface area (Å²) in [5.41, 5.74) is 0. The van der Waals surface area contributed by atoms with Gasteiger partial charge in [-0.05, 0) is 25.0 Å². The summed E-state index contributed by atoms with van der Waals surface area (Å²) in [6.07, 6.45) is 1.09. The molecule has 1 aromatic rings. The fraction of sp³-hybridized carbons (Fsp3) is 0.583. The smallest absolute Gasteiger partial charge is 0.345 e. The summed E-state index contributed by atoms with van der Waals surface area (Å²) in [6, 6.07) is 2.63. The Kier molecular flexibility index (Phi) is 5.33. The number of piperidine rings is 1. The highest BCUT2D eigenvalue weighted by Gasteiger charge is 2.31. The topological polar surface area (TPSA) is 104 Å². The first-order chi connectivity index (χ1) is 9.95. The molecule has 1 aromatic heterocycles. The molecule has 2 heterocycles. The van der Waals surface area contributed by atoms with Gasteiger partial charge >= 0.3 is 5.97 Å². The predicted molar refractivity (Wildman–Crippen MR) is 76.1 cm³/mol. The third-order valence-corrected chi connectivity index (χ3v) is 6.67. The Bertz CT molecular complexity index is 589. The Hall–Kier alpha value is -1.00. The maximum Gasteiger partial charge on any atom is 0.345 e. The van der Waals surface area contributed by atoms with E-state index in [4.69, 9.17) is 14.9 Å². The molecule has 0 aliphatic carbocycles. The van der Waals surface area contributed by atoms with Crippen molar-refractivity contribution >= 4 is 27.3 Å². The first-order valence-corrected chi connectivity index (χ1v) is 8.76. The monoisotopic (exact) mass is 335 g/mol. The second kappa shape index (κ2) is 6.84. The van der Waals surface area contributed by atoms with Crippen molar-refractivity contribution in [1.29, 1.82) is 0 Å². The number of carboxylic acids is 1. The number of aliphatic hydroxyl groups is 1. The van der Waals surface area contributed by atoms with E-state index in [0.29, 0.717) is 25.9 Å². The van der Waals surface area contributed by atoms with Gasteiger partial charge < -0.3 is 14.9 Å². The summed E-state index contributed by atoms with van der Waals surface area (Å²) >= 11 is 0.763. The van der Waals surface area contributed by atoms with Crippen molar-refractivity contribution in [2.75, 3.05) is 26.3 Å². The minimum atomic E-state index is -3.64. The summed E-state index contributed by atoms with van der Waals surface area (Å²) in [6.45, 7) is 0.869. The highest BCUT2D eigenvalue weighted by molar-refractivity contribution is 7.91. The van der Waals surface area contributed by atoms with E-state index in [9.17, 15) is 13.2 Å². The first-order valence-electron chi connectivity index (χ1n) is 6.51. The molecule has 2 N–H and O–H groups in total. The van der Waals surface area contributed by atoms with Crippen LogP contribution >= 0.6 is 11.3 Å². The van der Waals surface area contributed by atoms with Crippen LogP contribution in [0.1, 0.15) is 22.5 Å². The average molecular weight is 335 g/mol. The summed E-state index contributed by atoms with van der Waals surface area (Å²) in [4.78, 5) is 10.8. The Balaban J connectivity index is 2.02. The molecule has 0 radical (unpaired) electrons. The Morgan fingerprint density at radius 3 is 2.57 bits per heavy atom. The Labute approximate surface area is 126 Å². The quantitative estimate of drug-likeness (QED) is 0.789. The van der Waals surface area contributed by atoms with Crippen LogP contribution in [-0.4, -0.2) is 61.3 Å². The molecular formula is C12H17NO6S2. The van der Waals surface area contributed by atoms with Crippen LogP contribution in [0.3, 0.4) is 0 Å². The second-order valence-electron chi connectivity index (χ2n) is 4.62. The summed E-state index contributed by atoms with van der Waals surface area (Å²) in [5, 5.41) is 17.6. The number of sulfonamides is 1. The van der Waals surface area contributed by atoms with E-state index in [1.165, 1.54) is 16.4 Å². The molecule has 2 rings (SSSR count). The molecule has 1 saturated heterocycles. The van der Waals surface area contributed by atoms with Gasteiger partial charge in [-0.2, -0.15) is 4.31 Å². The maximum absolute atomic E-state index is 12.4. The molecule has 0 saturated carbocycles. The second-order valence-corrected chi connectivity index (χ2v) is 7.87. The zero-order valence-electron chi connectivity index (χ0n) is 11.3. The molecule has 0 spiro atoms. The first kappa shape index (κ1) is 16.4. The van der Waals surface area contributed by atoms with Crippen molar-refractivity contribution in [3.63, 3.8) is 0 Å². The van der Waals surface area contributed by atoms with Crippen LogP contribution < -0.4 is 0 Å². The minimum absolute atomic E-state index is 0.00902. The van der Waals surface area contributed by atoms with Crippen molar-refractivity contribution in [2.24, 2.45) is 0 Å². The number of hydrogen-bond acceptors (Lipinski definition) is 6. The van der Waals surface area contributed by atoms with Crippen LogP contribution in [0.25, 0.3) is 0 Å². The van der Waals surface area contributed by atoms with Gasteiger partial charge in [0.05, 0.1) is 19.3 Å². The van der Waals surface area contributed by atoms with Crippen LogP contribution in [0.5, 0.6) is 0 Å². The van der Waals surface area contributed by atoms with Gasteiger partial charge in [0.15, 0.2) is 0 Å². The van der Waals surface area contributed by atoms with Crippen LogP contribution in [0.2, 0.25) is 0 Å². The third kappa shape index (κ3) is 3.80. The van der Waals surface area contributed by atoms with Crippen molar-refractivity contribution < 1.29 is 28.2 Å².